The molecule has 110 valence electrons. The summed E-state index contributed by atoms with van der Waals surface area (Å²) in [5.74, 6) is 0.754. The Bertz CT molecular complexity index is 590. The SMILES string of the molecule is N#CC(COc1cccc([N+](=O)[O-])c1)(NC1CC1)C1CC1. The molecule has 1 aromatic carbocycles. The van der Waals surface area contributed by atoms with E-state index >= 15 is 0 Å². The lowest BCUT2D eigenvalue weighted by molar-refractivity contribution is -0.384. The molecule has 0 spiro atoms. The molecule has 2 saturated carbocycles. The highest BCUT2D eigenvalue weighted by Gasteiger charge is 2.49. The average molecular weight is 287 g/mol. The molecule has 6 heteroatoms. The molecule has 1 N–H and O–H groups in total. The van der Waals surface area contributed by atoms with Gasteiger partial charge < -0.3 is 4.74 Å². The summed E-state index contributed by atoms with van der Waals surface area (Å²) in [5.41, 5.74) is -0.664. The highest BCUT2D eigenvalue weighted by Crippen LogP contribution is 2.41. The van der Waals surface area contributed by atoms with Crippen LogP contribution in [0, 0.1) is 27.4 Å². The van der Waals surface area contributed by atoms with Crippen molar-refractivity contribution in [3.63, 3.8) is 0 Å². The minimum Gasteiger partial charge on any atom is -0.490 e. The van der Waals surface area contributed by atoms with E-state index in [-0.39, 0.29) is 12.3 Å². The van der Waals surface area contributed by atoms with E-state index in [0.717, 1.165) is 25.7 Å². The van der Waals surface area contributed by atoms with Crippen LogP contribution in [0.4, 0.5) is 5.69 Å². The number of ether oxygens (including phenoxy) is 1. The molecule has 0 radical (unpaired) electrons. The van der Waals surface area contributed by atoms with Gasteiger partial charge in [0, 0.05) is 12.1 Å². The van der Waals surface area contributed by atoms with E-state index in [4.69, 9.17) is 4.74 Å². The van der Waals surface area contributed by atoms with Crippen LogP contribution < -0.4 is 10.1 Å². The molecule has 0 heterocycles. The number of benzene rings is 1. The summed E-state index contributed by atoms with van der Waals surface area (Å²) in [7, 11) is 0. The molecule has 0 amide bonds. The Morgan fingerprint density at radius 1 is 1.43 bits per heavy atom. The summed E-state index contributed by atoms with van der Waals surface area (Å²) >= 11 is 0. The first kappa shape index (κ1) is 13.8. The van der Waals surface area contributed by atoms with Crippen LogP contribution in [0.3, 0.4) is 0 Å². The fourth-order valence-electron chi connectivity index (χ4n) is 2.49. The summed E-state index contributed by atoms with van der Waals surface area (Å²) in [6.07, 6.45) is 4.27. The monoisotopic (exact) mass is 287 g/mol. The summed E-state index contributed by atoms with van der Waals surface area (Å²) in [5, 5.41) is 23.8. The van der Waals surface area contributed by atoms with Crippen molar-refractivity contribution in [3.05, 3.63) is 34.4 Å². The van der Waals surface area contributed by atoms with Crippen LogP contribution in [0.25, 0.3) is 0 Å². The molecule has 2 fully saturated rings. The molecule has 0 aliphatic heterocycles. The van der Waals surface area contributed by atoms with Crippen molar-refractivity contribution < 1.29 is 9.66 Å². The van der Waals surface area contributed by atoms with E-state index in [1.807, 2.05) is 0 Å². The second-order valence-corrected chi connectivity index (χ2v) is 5.82. The van der Waals surface area contributed by atoms with Crippen LogP contribution in [0.5, 0.6) is 5.75 Å². The minimum absolute atomic E-state index is 0.00312. The van der Waals surface area contributed by atoms with E-state index in [2.05, 4.69) is 11.4 Å². The summed E-state index contributed by atoms with van der Waals surface area (Å²) in [4.78, 5) is 10.3. The fourth-order valence-corrected chi connectivity index (χ4v) is 2.49. The Balaban J connectivity index is 1.70. The Hall–Kier alpha value is -2.13. The zero-order chi connectivity index (χ0) is 14.9. The molecule has 0 aromatic heterocycles. The van der Waals surface area contributed by atoms with Crippen LogP contribution in [-0.4, -0.2) is 23.1 Å². The maximum Gasteiger partial charge on any atom is 0.273 e. The number of nitriles is 1. The summed E-state index contributed by atoms with van der Waals surface area (Å²) < 4.78 is 5.69. The van der Waals surface area contributed by atoms with Gasteiger partial charge in [0.2, 0.25) is 0 Å². The number of nitro benzene ring substituents is 1. The maximum atomic E-state index is 10.8. The zero-order valence-corrected chi connectivity index (χ0v) is 11.6. The van der Waals surface area contributed by atoms with Gasteiger partial charge in [0.05, 0.1) is 17.1 Å². The van der Waals surface area contributed by atoms with Crippen molar-refractivity contribution in [2.45, 2.75) is 37.3 Å². The van der Waals surface area contributed by atoms with Crippen molar-refractivity contribution in [3.8, 4) is 11.8 Å². The number of rotatable bonds is 7. The van der Waals surface area contributed by atoms with Gasteiger partial charge in [0.25, 0.3) is 5.69 Å². The predicted molar refractivity (Wildman–Crippen MR) is 75.8 cm³/mol. The number of nitrogens with one attached hydrogen (secondary N) is 1. The normalized spacial score (nSPS) is 20.3. The molecule has 0 bridgehead atoms. The second-order valence-electron chi connectivity index (χ2n) is 5.82. The van der Waals surface area contributed by atoms with Crippen LogP contribution in [-0.2, 0) is 0 Å². The lowest BCUT2D eigenvalue weighted by Crippen LogP contribution is -2.52. The number of non-ortho nitro benzene ring substituents is 1. The van der Waals surface area contributed by atoms with E-state index in [1.54, 1.807) is 12.1 Å². The molecule has 6 nitrogen and oxygen atoms in total. The van der Waals surface area contributed by atoms with Crippen LogP contribution in [0.2, 0.25) is 0 Å². The first-order valence-electron chi connectivity index (χ1n) is 7.19. The molecule has 2 aliphatic rings. The Labute approximate surface area is 122 Å². The smallest absolute Gasteiger partial charge is 0.273 e. The topological polar surface area (TPSA) is 88.2 Å². The first-order chi connectivity index (χ1) is 10.1. The van der Waals surface area contributed by atoms with E-state index in [0.29, 0.717) is 17.7 Å². The molecule has 2 aliphatic carbocycles. The molecule has 1 aromatic rings. The lowest BCUT2D eigenvalue weighted by Gasteiger charge is -2.28. The number of nitrogens with zero attached hydrogens (tertiary/aromatic N) is 2. The summed E-state index contributed by atoms with van der Waals surface area (Å²) in [6.45, 7) is 0.228. The van der Waals surface area contributed by atoms with E-state index < -0.39 is 10.5 Å². The second kappa shape index (κ2) is 5.34. The quantitative estimate of drug-likeness (QED) is 0.614. The largest absolute Gasteiger partial charge is 0.490 e. The Kier molecular flexibility index (Phi) is 3.52. The minimum atomic E-state index is -0.661. The van der Waals surface area contributed by atoms with Gasteiger partial charge in [-0.1, -0.05) is 6.07 Å². The standard InChI is InChI=1S/C15H17N3O3/c16-9-15(11-4-5-11,17-12-6-7-12)10-21-14-3-1-2-13(8-14)18(19)20/h1-3,8,11-12,17H,4-7,10H2. The molecular weight excluding hydrogens is 270 g/mol. The summed E-state index contributed by atoms with van der Waals surface area (Å²) in [6, 6.07) is 8.89. The van der Waals surface area contributed by atoms with Gasteiger partial charge in [0.1, 0.15) is 17.9 Å². The maximum absolute atomic E-state index is 10.8. The van der Waals surface area contributed by atoms with Gasteiger partial charge in [-0.3, -0.25) is 15.4 Å². The van der Waals surface area contributed by atoms with Crippen molar-refractivity contribution in [2.24, 2.45) is 5.92 Å². The molecule has 3 rings (SSSR count). The highest BCUT2D eigenvalue weighted by atomic mass is 16.6. The molecular formula is C15H17N3O3. The fraction of sp³-hybridized carbons (Fsp3) is 0.533. The number of hydrogen-bond donors (Lipinski definition) is 1. The van der Waals surface area contributed by atoms with Crippen LogP contribution in [0.1, 0.15) is 25.7 Å². The van der Waals surface area contributed by atoms with Gasteiger partial charge in [-0.25, -0.2) is 0 Å². The van der Waals surface area contributed by atoms with Crippen LogP contribution in [0.15, 0.2) is 24.3 Å². The van der Waals surface area contributed by atoms with Crippen LogP contribution >= 0.6 is 0 Å². The Morgan fingerprint density at radius 3 is 2.76 bits per heavy atom. The molecule has 0 saturated heterocycles. The van der Waals surface area contributed by atoms with Crippen molar-refractivity contribution in [2.75, 3.05) is 6.61 Å². The highest BCUT2D eigenvalue weighted by molar-refractivity contribution is 5.38. The third-order valence-electron chi connectivity index (χ3n) is 4.01. The van der Waals surface area contributed by atoms with Gasteiger partial charge >= 0.3 is 0 Å². The van der Waals surface area contributed by atoms with Gasteiger partial charge in [-0.2, -0.15) is 5.26 Å². The third kappa shape index (κ3) is 3.14. The number of hydrogen-bond acceptors (Lipinski definition) is 5. The first-order valence-corrected chi connectivity index (χ1v) is 7.19. The van der Waals surface area contributed by atoms with E-state index in [9.17, 15) is 15.4 Å². The molecule has 1 unspecified atom stereocenters. The third-order valence-corrected chi connectivity index (χ3v) is 4.01. The van der Waals surface area contributed by atoms with Gasteiger partial charge in [-0.05, 0) is 37.7 Å². The number of nitro groups is 1. The average Bonchev–Trinajstić information content (AvgIpc) is 3.37. The lowest BCUT2D eigenvalue weighted by atomic mass is 9.96. The molecule has 1 atom stereocenters. The Morgan fingerprint density at radius 2 is 2.19 bits per heavy atom. The van der Waals surface area contributed by atoms with Crippen molar-refractivity contribution >= 4 is 5.69 Å². The predicted octanol–water partition coefficient (Wildman–Crippen LogP) is 2.40. The van der Waals surface area contributed by atoms with E-state index in [1.165, 1.54) is 12.1 Å². The van der Waals surface area contributed by atoms with Crippen molar-refractivity contribution in [1.29, 1.82) is 5.26 Å². The van der Waals surface area contributed by atoms with Gasteiger partial charge in [0.15, 0.2) is 0 Å². The molecule has 21 heavy (non-hydrogen) atoms. The van der Waals surface area contributed by atoms with Gasteiger partial charge in [-0.15, -0.1) is 0 Å². The zero-order valence-electron chi connectivity index (χ0n) is 11.6. The van der Waals surface area contributed by atoms with Crippen molar-refractivity contribution in [1.82, 2.24) is 5.32 Å².